The Morgan fingerprint density at radius 3 is 2.83 bits per heavy atom. The van der Waals surface area contributed by atoms with Gasteiger partial charge in [0.1, 0.15) is 6.10 Å². The second kappa shape index (κ2) is 6.81. The van der Waals surface area contributed by atoms with Gasteiger partial charge in [-0.1, -0.05) is 15.9 Å². The molecule has 3 atom stereocenters. The molecule has 0 saturated carbocycles. The van der Waals surface area contributed by atoms with Crippen LogP contribution in [-0.4, -0.2) is 43.3 Å². The van der Waals surface area contributed by atoms with Crippen molar-refractivity contribution >= 4 is 23.8 Å². The zero-order valence-corrected chi connectivity index (χ0v) is 14.0. The minimum atomic E-state index is -4.72. The Bertz CT molecular complexity index is 755. The number of phosphoric ester groups is 1. The van der Waals surface area contributed by atoms with Gasteiger partial charge in [0.25, 0.3) is 5.56 Å². The Kier molecular flexibility index (Phi) is 5.41. The number of aliphatic hydroxyl groups excluding tert-OH is 1. The molecule has 0 unspecified atom stereocenters. The van der Waals surface area contributed by atoms with Gasteiger partial charge in [-0.25, -0.2) is 9.36 Å². The lowest BCUT2D eigenvalue weighted by atomic mass is 10.1. The molecule has 4 N–H and O–H groups in total. The molecule has 0 aromatic carbocycles. The van der Waals surface area contributed by atoms with Gasteiger partial charge >= 0.3 is 13.5 Å². The molecule has 1 aromatic heterocycles. The number of H-pyrrole nitrogens is 1. The highest BCUT2D eigenvalue weighted by Gasteiger charge is 2.47. The molecule has 2 rings (SSSR count). The number of halogens is 1. The van der Waals surface area contributed by atoms with Gasteiger partial charge in [0.15, 0.2) is 5.72 Å². The van der Waals surface area contributed by atoms with E-state index in [-0.39, 0.29) is 6.42 Å². The highest BCUT2D eigenvalue weighted by Crippen LogP contribution is 2.40. The summed E-state index contributed by atoms with van der Waals surface area (Å²) >= 11 is 3.06. The van der Waals surface area contributed by atoms with E-state index < -0.39 is 43.6 Å². The fraction of sp³-hybridized carbons (Fsp3) is 0.455. The maximum Gasteiger partial charge on any atom is 0.469 e. The van der Waals surface area contributed by atoms with Crippen molar-refractivity contribution in [2.75, 3.05) is 6.61 Å². The molecule has 0 radical (unpaired) electrons. The molecule has 1 fully saturated rings. The van der Waals surface area contributed by atoms with Gasteiger partial charge in [0, 0.05) is 18.7 Å². The van der Waals surface area contributed by atoms with Gasteiger partial charge in [-0.15, -0.1) is 0 Å². The number of hydrogen-bond donors (Lipinski definition) is 4. The number of aromatic amines is 1. The average Bonchev–Trinajstić information content (AvgIpc) is 2.73. The van der Waals surface area contributed by atoms with E-state index in [4.69, 9.17) is 14.5 Å². The number of hydrogen-bond acceptors (Lipinski definition) is 6. The first-order valence-electron chi connectivity index (χ1n) is 6.33. The Morgan fingerprint density at radius 1 is 1.57 bits per heavy atom. The highest BCUT2D eigenvalue weighted by molar-refractivity contribution is 9.11. The molecule has 0 bridgehead atoms. The molecule has 128 valence electrons. The van der Waals surface area contributed by atoms with Crippen LogP contribution in [0.25, 0.3) is 0 Å². The number of phosphoric acid groups is 1. The summed E-state index contributed by atoms with van der Waals surface area (Å²) in [4.78, 5) is 44.1. The molecule has 0 aliphatic carbocycles. The van der Waals surface area contributed by atoms with E-state index in [9.17, 15) is 19.3 Å². The molecule has 1 aliphatic rings. The van der Waals surface area contributed by atoms with Crippen LogP contribution >= 0.6 is 23.8 Å². The van der Waals surface area contributed by atoms with Gasteiger partial charge in [0.05, 0.1) is 12.7 Å². The van der Waals surface area contributed by atoms with Gasteiger partial charge in [-0.05, 0) is 11.1 Å². The third-order valence-corrected chi connectivity index (χ3v) is 4.00. The molecular weight excluding hydrogens is 399 g/mol. The summed E-state index contributed by atoms with van der Waals surface area (Å²) in [7, 11) is -4.72. The predicted molar refractivity (Wildman–Crippen MR) is 80.9 cm³/mol. The van der Waals surface area contributed by atoms with Gasteiger partial charge in [0.2, 0.25) is 0 Å². The Hall–Kier alpha value is -1.07. The third kappa shape index (κ3) is 4.27. The smallest absolute Gasteiger partial charge is 0.390 e. The van der Waals surface area contributed by atoms with Crippen LogP contribution in [0, 0.1) is 0 Å². The molecule has 2 heterocycles. The molecule has 0 amide bonds. The average molecular weight is 413 g/mol. The molecule has 1 aliphatic heterocycles. The van der Waals surface area contributed by atoms with Crippen molar-refractivity contribution in [1.29, 1.82) is 0 Å². The van der Waals surface area contributed by atoms with Crippen molar-refractivity contribution in [3.8, 4) is 0 Å². The van der Waals surface area contributed by atoms with Crippen molar-refractivity contribution in [3.05, 3.63) is 44.2 Å². The van der Waals surface area contributed by atoms with Gasteiger partial charge < -0.3 is 19.6 Å². The lowest BCUT2D eigenvalue weighted by Crippen LogP contribution is -2.43. The van der Waals surface area contributed by atoms with Crippen LogP contribution in [0.4, 0.5) is 0 Å². The number of rotatable bonds is 5. The van der Waals surface area contributed by atoms with Crippen molar-refractivity contribution in [1.82, 2.24) is 9.55 Å². The van der Waals surface area contributed by atoms with Crippen LogP contribution in [-0.2, 0) is 19.6 Å². The minimum Gasteiger partial charge on any atom is -0.390 e. The Labute approximate surface area is 137 Å². The number of nitrogens with one attached hydrogen (secondary N) is 1. The van der Waals surface area contributed by atoms with Gasteiger partial charge in [-0.3, -0.25) is 18.9 Å². The summed E-state index contributed by atoms with van der Waals surface area (Å²) in [6.07, 6.45) is 0.311. The maximum absolute atomic E-state index is 12.0. The normalized spacial score (nSPS) is 28.5. The van der Waals surface area contributed by atoms with E-state index >= 15 is 0 Å². The van der Waals surface area contributed by atoms with E-state index in [1.807, 2.05) is 0 Å². The summed E-state index contributed by atoms with van der Waals surface area (Å²) in [5, 5.41) is 10.1. The molecule has 0 spiro atoms. The highest BCUT2D eigenvalue weighted by atomic mass is 79.9. The minimum absolute atomic E-state index is 0.0871. The van der Waals surface area contributed by atoms with E-state index in [0.717, 1.165) is 10.6 Å². The number of ether oxygens (including phenoxy) is 1. The number of aromatic nitrogens is 2. The predicted octanol–water partition coefficient (Wildman–Crippen LogP) is -0.643. The monoisotopic (exact) mass is 412 g/mol. The Balaban J connectivity index is 2.34. The van der Waals surface area contributed by atoms with Crippen molar-refractivity contribution in [2.24, 2.45) is 0 Å². The maximum atomic E-state index is 12.0. The van der Waals surface area contributed by atoms with Crippen LogP contribution in [0.5, 0.6) is 0 Å². The molecule has 23 heavy (non-hydrogen) atoms. The molecule has 1 saturated heterocycles. The summed E-state index contributed by atoms with van der Waals surface area (Å²) in [6, 6.07) is 1.11. The number of aliphatic hydroxyl groups is 1. The summed E-state index contributed by atoms with van der Waals surface area (Å²) in [5.74, 6) is 0. The fourth-order valence-electron chi connectivity index (χ4n) is 2.29. The summed E-state index contributed by atoms with van der Waals surface area (Å²) in [6.45, 7) is -0.568. The van der Waals surface area contributed by atoms with Crippen molar-refractivity contribution in [3.63, 3.8) is 0 Å². The topological polar surface area (TPSA) is 151 Å². The van der Waals surface area contributed by atoms with Gasteiger partial charge in [-0.2, -0.15) is 0 Å². The van der Waals surface area contributed by atoms with E-state index in [0.29, 0.717) is 0 Å². The first-order valence-corrected chi connectivity index (χ1v) is 8.78. The van der Waals surface area contributed by atoms with Crippen LogP contribution in [0.3, 0.4) is 0 Å². The third-order valence-electron chi connectivity index (χ3n) is 3.25. The zero-order valence-electron chi connectivity index (χ0n) is 11.5. The largest absolute Gasteiger partial charge is 0.469 e. The molecule has 10 nitrogen and oxygen atoms in total. The summed E-state index contributed by atoms with van der Waals surface area (Å²) < 4.78 is 21.8. The molecule has 1 aromatic rings. The van der Waals surface area contributed by atoms with Crippen LogP contribution < -0.4 is 11.2 Å². The van der Waals surface area contributed by atoms with Crippen LogP contribution in [0.15, 0.2) is 32.9 Å². The quantitative estimate of drug-likeness (QED) is 0.466. The van der Waals surface area contributed by atoms with Crippen molar-refractivity contribution in [2.45, 2.75) is 24.4 Å². The second-order valence-corrected chi connectivity index (χ2v) is 6.60. The first kappa shape index (κ1) is 18.3. The molecule has 12 heteroatoms. The van der Waals surface area contributed by atoms with E-state index in [2.05, 4.69) is 25.4 Å². The standard InChI is InChI=1S/C11H14BrN2O8P/c12-3-2-11(14-4-1-9(16)13-10(14)17)5-7(15)8(22-11)6-21-23(18,19)20/h1-4,7-8,15H,5-6H2,(H,13,16,17)(H2,18,19,20)/t7-,8+,11+/m0/s1. The zero-order chi connectivity index (χ0) is 17.3. The van der Waals surface area contributed by atoms with E-state index in [1.54, 1.807) is 0 Å². The molecular formula is C11H14BrN2O8P. The Morgan fingerprint density at radius 2 is 2.26 bits per heavy atom. The van der Waals surface area contributed by atoms with Crippen molar-refractivity contribution < 1.29 is 28.7 Å². The van der Waals surface area contributed by atoms with Crippen LogP contribution in [0.2, 0.25) is 0 Å². The second-order valence-electron chi connectivity index (χ2n) is 4.83. The van der Waals surface area contributed by atoms with Crippen LogP contribution in [0.1, 0.15) is 6.42 Å². The lowest BCUT2D eigenvalue weighted by molar-refractivity contribution is -0.0881. The fourth-order valence-corrected chi connectivity index (χ4v) is 3.05. The number of nitrogens with zero attached hydrogens (tertiary/aromatic N) is 1. The SMILES string of the molecule is O=c1ccn([C@@]2(C=CBr)C[C@H](O)[C@@H](COP(=O)(O)O)O2)c(=O)[nH]1. The lowest BCUT2D eigenvalue weighted by Gasteiger charge is -2.27. The summed E-state index contributed by atoms with van der Waals surface area (Å²) in [5.41, 5.74) is -2.79. The first-order chi connectivity index (χ1) is 10.7. The van der Waals surface area contributed by atoms with E-state index in [1.165, 1.54) is 17.3 Å².